The molecule has 7 atom stereocenters. The molecule has 0 radical (unpaired) electrons. The number of carbonyl (C=O) groups is 2. The van der Waals surface area contributed by atoms with E-state index in [1.165, 1.54) is 30.9 Å². The Morgan fingerprint density at radius 3 is 2.29 bits per heavy atom. The molecule has 2 aromatic carbocycles. The van der Waals surface area contributed by atoms with Gasteiger partial charge in [-0.3, -0.25) is 4.79 Å². The van der Waals surface area contributed by atoms with Gasteiger partial charge in [-0.2, -0.15) is 0 Å². The van der Waals surface area contributed by atoms with E-state index in [4.69, 9.17) is 4.74 Å². The van der Waals surface area contributed by atoms with Gasteiger partial charge in [-0.15, -0.1) is 0 Å². The van der Waals surface area contributed by atoms with Crippen LogP contribution in [0.3, 0.4) is 0 Å². The van der Waals surface area contributed by atoms with Crippen LogP contribution in [-0.2, 0) is 11.2 Å². The van der Waals surface area contributed by atoms with Crippen molar-refractivity contribution in [3.8, 4) is 0 Å². The quantitative estimate of drug-likeness (QED) is 0.205. The normalized spacial score (nSPS) is 36.9. The Hall–Kier alpha value is -3.10. The maximum absolute atomic E-state index is 15.0. The molecule has 0 unspecified atom stereocenters. The van der Waals surface area contributed by atoms with Crippen LogP contribution < -0.4 is 0 Å². The van der Waals surface area contributed by atoms with Gasteiger partial charge in [0.05, 0.1) is 18.2 Å². The standard InChI is InChI=1S/C51H69F2NO5/c1-31(2)40-13-9-33(4)19-46(40)59-48(57)54(29-50-26-35-20-36(27-50)22-37(21-35)28-50)30-51(58)18-16-43-41-14-10-34(23-39(55)12-8-32(3)7-6-17-49(43,51)5)24-42(41)47(56)38-11-15-44(52)45(53)25-38/h7,10-11,14-15,24-25,31,33,35-37,39-40,43,46,55,58H,6,8-9,12-13,16-23,26-30H2,1-5H3/t33-,35?,36?,37?,39-,40+,43-,46-,49-,50?,51+/m0/s1. The lowest BCUT2D eigenvalue weighted by molar-refractivity contribution is -0.108. The molecule has 6 fully saturated rings. The molecule has 0 saturated heterocycles. The minimum Gasteiger partial charge on any atom is -0.446 e. The molecule has 1 amide bonds. The lowest BCUT2D eigenvalue weighted by atomic mass is 9.49. The second-order valence-corrected chi connectivity index (χ2v) is 21.4. The van der Waals surface area contributed by atoms with Crippen LogP contribution in [0.5, 0.6) is 0 Å². The molecule has 6 saturated carbocycles. The van der Waals surface area contributed by atoms with Crippen molar-refractivity contribution in [2.75, 3.05) is 13.1 Å². The van der Waals surface area contributed by atoms with E-state index in [9.17, 15) is 28.6 Å². The molecule has 0 aromatic heterocycles. The Labute approximate surface area is 351 Å². The second-order valence-electron chi connectivity index (χ2n) is 21.4. The number of rotatable bonds is 8. The van der Waals surface area contributed by atoms with Crippen LogP contribution in [0.4, 0.5) is 13.6 Å². The number of ketones is 1. The van der Waals surface area contributed by atoms with Crippen molar-refractivity contribution in [1.29, 1.82) is 0 Å². The summed E-state index contributed by atoms with van der Waals surface area (Å²) in [6.45, 7) is 11.7. The molecule has 2 aromatic rings. The maximum atomic E-state index is 15.0. The molecule has 2 N–H and O–H groups in total. The van der Waals surface area contributed by atoms with Crippen molar-refractivity contribution in [2.24, 2.45) is 46.3 Å². The van der Waals surface area contributed by atoms with Crippen molar-refractivity contribution < 1.29 is 33.3 Å². The maximum Gasteiger partial charge on any atom is 0.410 e. The average molecular weight is 814 g/mol. The van der Waals surface area contributed by atoms with Crippen LogP contribution >= 0.6 is 0 Å². The zero-order valence-electron chi connectivity index (χ0n) is 36.3. The van der Waals surface area contributed by atoms with Gasteiger partial charge in [-0.05, 0) is 185 Å². The summed E-state index contributed by atoms with van der Waals surface area (Å²) in [6.07, 6.45) is 15.5. The van der Waals surface area contributed by atoms with Gasteiger partial charge in [0.15, 0.2) is 17.4 Å². The smallest absolute Gasteiger partial charge is 0.410 e. The van der Waals surface area contributed by atoms with Crippen molar-refractivity contribution in [3.63, 3.8) is 0 Å². The molecule has 0 aliphatic heterocycles. The molecule has 6 nitrogen and oxygen atoms in total. The fraction of sp³-hybridized carbons (Fsp3) is 0.686. The molecule has 0 heterocycles. The summed E-state index contributed by atoms with van der Waals surface area (Å²) in [4.78, 5) is 31.4. The van der Waals surface area contributed by atoms with Gasteiger partial charge >= 0.3 is 6.09 Å². The van der Waals surface area contributed by atoms with E-state index in [-0.39, 0.29) is 35.6 Å². The van der Waals surface area contributed by atoms with E-state index in [0.717, 1.165) is 68.2 Å². The lowest BCUT2D eigenvalue weighted by Gasteiger charge is -2.58. The monoisotopic (exact) mass is 814 g/mol. The third kappa shape index (κ3) is 8.57. The highest BCUT2D eigenvalue weighted by Crippen LogP contribution is 2.62. The van der Waals surface area contributed by atoms with Crippen molar-refractivity contribution in [1.82, 2.24) is 4.90 Å². The molecule has 8 aliphatic carbocycles. The summed E-state index contributed by atoms with van der Waals surface area (Å²) in [5.74, 6) is 0.543. The highest BCUT2D eigenvalue weighted by Gasteiger charge is 2.59. The van der Waals surface area contributed by atoms with Gasteiger partial charge in [0.25, 0.3) is 0 Å². The topological polar surface area (TPSA) is 87.1 Å². The molecular formula is C51H69F2NO5. The second kappa shape index (κ2) is 16.6. The van der Waals surface area contributed by atoms with Crippen LogP contribution in [0.1, 0.15) is 164 Å². The Bertz CT molecular complexity index is 1890. The van der Waals surface area contributed by atoms with Crippen LogP contribution in [0, 0.1) is 58.0 Å². The van der Waals surface area contributed by atoms with E-state index in [1.807, 2.05) is 23.1 Å². The number of allylic oxidation sites excluding steroid dienone is 2. The van der Waals surface area contributed by atoms with Gasteiger partial charge in [-0.25, -0.2) is 13.6 Å². The summed E-state index contributed by atoms with van der Waals surface area (Å²) in [7, 11) is 0. The van der Waals surface area contributed by atoms with Gasteiger partial charge in [0.1, 0.15) is 6.10 Å². The molecule has 0 spiro atoms. The number of carbonyl (C=O) groups excluding carboxylic acids is 2. The first kappa shape index (κ1) is 42.6. The van der Waals surface area contributed by atoms with Gasteiger partial charge < -0.3 is 19.8 Å². The Morgan fingerprint density at radius 2 is 1.61 bits per heavy atom. The summed E-state index contributed by atoms with van der Waals surface area (Å²) in [5, 5.41) is 24.5. The Balaban J connectivity index is 1.18. The predicted octanol–water partition coefficient (Wildman–Crippen LogP) is 11.4. The Morgan fingerprint density at radius 1 is 0.898 bits per heavy atom. The molecule has 59 heavy (non-hydrogen) atoms. The predicted molar refractivity (Wildman–Crippen MR) is 227 cm³/mol. The van der Waals surface area contributed by atoms with E-state index in [0.29, 0.717) is 86.1 Å². The number of aliphatic hydroxyl groups is 2. The van der Waals surface area contributed by atoms with Crippen molar-refractivity contribution in [3.05, 3.63) is 81.9 Å². The number of amides is 1. The highest BCUT2D eigenvalue weighted by molar-refractivity contribution is 6.10. The molecule has 322 valence electrons. The van der Waals surface area contributed by atoms with Crippen LogP contribution in [-0.4, -0.2) is 57.9 Å². The zero-order valence-corrected chi connectivity index (χ0v) is 36.3. The third-order valence-corrected chi connectivity index (χ3v) is 16.7. The van der Waals surface area contributed by atoms with Crippen molar-refractivity contribution >= 4 is 11.9 Å². The molecule has 10 rings (SSSR count). The first-order chi connectivity index (χ1) is 28.0. The number of halogens is 2. The first-order valence-electron chi connectivity index (χ1n) is 23.2. The van der Waals surface area contributed by atoms with Crippen LogP contribution in [0.25, 0.3) is 0 Å². The number of ether oxygens (including phenoxy) is 1. The summed E-state index contributed by atoms with van der Waals surface area (Å²) in [5.41, 5.74) is 1.17. The summed E-state index contributed by atoms with van der Waals surface area (Å²) < 4.78 is 35.4. The fourth-order valence-electron chi connectivity index (χ4n) is 13.8. The SMILES string of the molecule is CC1=CCC[C@@]2(C)[C@@H](CC[C@@]2(O)CN(CC23CC4CC(CC(C4)C2)C3)C(=O)O[C@H]2C[C@@H](C)CC[C@@H]2C(C)C)c2ccc(cc2C(=O)c2ccc(F)c(F)c2)C[C@@H](O)CC1. The molecule has 8 heteroatoms. The van der Waals surface area contributed by atoms with Gasteiger partial charge in [0.2, 0.25) is 0 Å². The minimum absolute atomic E-state index is 0.0356. The number of nitrogens with zero attached hydrogens (tertiary/aromatic N) is 1. The molecule has 8 aliphatic rings. The first-order valence-corrected chi connectivity index (χ1v) is 23.2. The third-order valence-electron chi connectivity index (χ3n) is 16.7. The number of benzene rings is 2. The number of hydrogen-bond donors (Lipinski definition) is 2. The molecule has 6 bridgehead atoms. The lowest BCUT2D eigenvalue weighted by Crippen LogP contribution is -2.58. The van der Waals surface area contributed by atoms with E-state index < -0.39 is 34.5 Å². The van der Waals surface area contributed by atoms with Crippen LogP contribution in [0.2, 0.25) is 0 Å². The number of hydrogen-bond acceptors (Lipinski definition) is 5. The van der Waals surface area contributed by atoms with Gasteiger partial charge in [0, 0.05) is 23.1 Å². The van der Waals surface area contributed by atoms with E-state index in [2.05, 4.69) is 40.7 Å². The minimum atomic E-state index is -1.30. The summed E-state index contributed by atoms with van der Waals surface area (Å²) >= 11 is 0. The average Bonchev–Trinajstić information content (AvgIpc) is 3.42. The van der Waals surface area contributed by atoms with E-state index in [1.54, 1.807) is 0 Å². The van der Waals surface area contributed by atoms with Crippen molar-refractivity contribution in [2.45, 2.75) is 161 Å². The summed E-state index contributed by atoms with van der Waals surface area (Å²) in [6, 6.07) is 9.04. The van der Waals surface area contributed by atoms with Gasteiger partial charge in [-0.1, -0.05) is 57.9 Å². The largest absolute Gasteiger partial charge is 0.446 e. The van der Waals surface area contributed by atoms with Crippen LogP contribution in [0.15, 0.2) is 48.0 Å². The van der Waals surface area contributed by atoms with E-state index >= 15 is 0 Å². The number of fused-ring (bicyclic) bond motifs is 8. The molecular weight excluding hydrogens is 745 g/mol. The zero-order chi connectivity index (χ0) is 41.9. The fourth-order valence-corrected chi connectivity index (χ4v) is 13.8. The number of aliphatic hydroxyl groups excluding tert-OH is 1. The highest BCUT2D eigenvalue weighted by atomic mass is 19.2. The Kier molecular flexibility index (Phi) is 12.0.